The number of hydrogen-bond donors (Lipinski definition) is 0. The van der Waals surface area contributed by atoms with Gasteiger partial charge in [-0.15, -0.1) is 0 Å². The van der Waals surface area contributed by atoms with Gasteiger partial charge in [0.2, 0.25) is 0 Å². The summed E-state index contributed by atoms with van der Waals surface area (Å²) in [6.45, 7) is 11.3. The van der Waals surface area contributed by atoms with Gasteiger partial charge in [0.25, 0.3) is 0 Å². The van der Waals surface area contributed by atoms with E-state index in [0.29, 0.717) is 0 Å². The minimum Gasteiger partial charge on any atom is -0.302 e. The van der Waals surface area contributed by atoms with Crippen molar-refractivity contribution < 1.29 is 0 Å². The fourth-order valence-electron chi connectivity index (χ4n) is 3.40. The number of nitrogens with zero attached hydrogens (tertiary/aromatic N) is 1. The molecule has 1 heterocycles. The summed E-state index contributed by atoms with van der Waals surface area (Å²) >= 11 is 0. The van der Waals surface area contributed by atoms with Gasteiger partial charge in [-0.3, -0.25) is 0 Å². The van der Waals surface area contributed by atoms with E-state index in [1.54, 1.807) is 5.57 Å². The summed E-state index contributed by atoms with van der Waals surface area (Å²) in [5.41, 5.74) is 3.61. The first kappa shape index (κ1) is 15.8. The molecule has 106 valence electrons. The zero-order valence-electron chi connectivity index (χ0n) is 13.3. The van der Waals surface area contributed by atoms with Gasteiger partial charge >= 0.3 is 0 Å². The second-order valence-electron chi connectivity index (χ2n) is 5.93. The third kappa shape index (κ3) is 4.12. The molecule has 0 aromatic rings. The Morgan fingerprint density at radius 1 is 1.11 bits per heavy atom. The lowest BCUT2D eigenvalue weighted by Crippen LogP contribution is -2.31. The molecule has 1 nitrogen and oxygen atoms in total. The van der Waals surface area contributed by atoms with Crippen LogP contribution in [0.15, 0.2) is 11.1 Å². The summed E-state index contributed by atoms with van der Waals surface area (Å²) in [7, 11) is 2.28. The Hall–Kier alpha value is -0.300. The van der Waals surface area contributed by atoms with Crippen molar-refractivity contribution in [1.82, 2.24) is 4.90 Å². The van der Waals surface area contributed by atoms with Crippen LogP contribution >= 0.6 is 0 Å². The Balaban J connectivity index is 0.000000771. The van der Waals surface area contributed by atoms with Crippen LogP contribution in [-0.4, -0.2) is 25.0 Å². The minimum absolute atomic E-state index is 0.925. The molecule has 0 N–H and O–H groups in total. The monoisotopic (exact) mass is 251 g/mol. The molecule has 1 aliphatic heterocycles. The standard InChI is InChI=1S/C15H27N.C2H6/c1-4-13-9-10-16(3)11-15(13)14-7-5-12(2)6-8-14;1-2/h12,14H,4-11H2,1-3H3;1-2H3. The quantitative estimate of drug-likeness (QED) is 0.632. The summed E-state index contributed by atoms with van der Waals surface area (Å²) in [6, 6.07) is 0. The predicted octanol–water partition coefficient (Wildman–Crippen LogP) is 4.88. The van der Waals surface area contributed by atoms with Crippen molar-refractivity contribution in [3.05, 3.63) is 11.1 Å². The van der Waals surface area contributed by atoms with Crippen LogP contribution in [0.3, 0.4) is 0 Å². The van der Waals surface area contributed by atoms with Crippen LogP contribution in [0.4, 0.5) is 0 Å². The molecule has 1 fully saturated rings. The van der Waals surface area contributed by atoms with E-state index in [0.717, 1.165) is 11.8 Å². The first-order valence-corrected chi connectivity index (χ1v) is 8.10. The van der Waals surface area contributed by atoms with Gasteiger partial charge in [0.05, 0.1) is 0 Å². The van der Waals surface area contributed by atoms with Crippen LogP contribution in [-0.2, 0) is 0 Å². The highest BCUT2D eigenvalue weighted by atomic mass is 15.1. The summed E-state index contributed by atoms with van der Waals surface area (Å²) < 4.78 is 0. The molecule has 0 unspecified atom stereocenters. The van der Waals surface area contributed by atoms with Crippen LogP contribution in [0.25, 0.3) is 0 Å². The van der Waals surface area contributed by atoms with Crippen molar-refractivity contribution in [2.45, 2.75) is 66.2 Å². The molecule has 0 spiro atoms. The van der Waals surface area contributed by atoms with E-state index in [1.165, 1.54) is 51.6 Å². The van der Waals surface area contributed by atoms with Gasteiger partial charge in [0.1, 0.15) is 0 Å². The fourth-order valence-corrected chi connectivity index (χ4v) is 3.40. The number of rotatable bonds is 2. The molecule has 1 aliphatic carbocycles. The van der Waals surface area contributed by atoms with Crippen LogP contribution in [0, 0.1) is 11.8 Å². The lowest BCUT2D eigenvalue weighted by atomic mass is 9.76. The van der Waals surface area contributed by atoms with E-state index in [-0.39, 0.29) is 0 Å². The number of likely N-dealkylation sites (N-methyl/N-ethyl adjacent to an activating group) is 1. The molecule has 1 saturated carbocycles. The third-order valence-electron chi connectivity index (χ3n) is 4.63. The maximum Gasteiger partial charge on any atom is 0.0195 e. The van der Waals surface area contributed by atoms with Gasteiger partial charge in [-0.05, 0) is 44.6 Å². The normalized spacial score (nSPS) is 29.8. The van der Waals surface area contributed by atoms with Gasteiger partial charge in [-0.2, -0.15) is 0 Å². The highest BCUT2D eigenvalue weighted by molar-refractivity contribution is 5.22. The van der Waals surface area contributed by atoms with Crippen molar-refractivity contribution in [3.63, 3.8) is 0 Å². The molecule has 18 heavy (non-hydrogen) atoms. The van der Waals surface area contributed by atoms with E-state index < -0.39 is 0 Å². The smallest absolute Gasteiger partial charge is 0.0195 e. The summed E-state index contributed by atoms with van der Waals surface area (Å²) in [5.74, 6) is 1.90. The van der Waals surface area contributed by atoms with E-state index >= 15 is 0 Å². The van der Waals surface area contributed by atoms with Crippen LogP contribution in [0.2, 0.25) is 0 Å². The lowest BCUT2D eigenvalue weighted by molar-refractivity contribution is 0.276. The molecule has 0 atom stereocenters. The molecule has 0 radical (unpaired) electrons. The highest BCUT2D eigenvalue weighted by Gasteiger charge is 2.26. The molecule has 0 aromatic carbocycles. The zero-order chi connectivity index (χ0) is 13.5. The third-order valence-corrected chi connectivity index (χ3v) is 4.63. The van der Waals surface area contributed by atoms with Gasteiger partial charge in [0.15, 0.2) is 0 Å². The Labute approximate surface area is 115 Å². The maximum absolute atomic E-state index is 2.51. The first-order valence-electron chi connectivity index (χ1n) is 8.10. The van der Waals surface area contributed by atoms with Crippen LogP contribution in [0.1, 0.15) is 66.2 Å². The van der Waals surface area contributed by atoms with Crippen molar-refractivity contribution in [3.8, 4) is 0 Å². The molecule has 0 amide bonds. The summed E-state index contributed by atoms with van der Waals surface area (Å²) in [6.07, 6.45) is 8.43. The number of hydrogen-bond acceptors (Lipinski definition) is 1. The molecule has 0 bridgehead atoms. The average molecular weight is 251 g/mol. The SMILES string of the molecule is CC.CCC1=C(C2CCC(C)CC2)CN(C)CC1. The summed E-state index contributed by atoms with van der Waals surface area (Å²) in [5, 5.41) is 0. The van der Waals surface area contributed by atoms with Crippen molar-refractivity contribution >= 4 is 0 Å². The Morgan fingerprint density at radius 3 is 2.28 bits per heavy atom. The zero-order valence-corrected chi connectivity index (χ0v) is 13.3. The topological polar surface area (TPSA) is 3.24 Å². The van der Waals surface area contributed by atoms with Gasteiger partial charge in [-0.1, -0.05) is 51.7 Å². The van der Waals surface area contributed by atoms with E-state index in [9.17, 15) is 0 Å². The second-order valence-corrected chi connectivity index (χ2v) is 5.93. The molecule has 2 aliphatic rings. The molecule has 0 aromatic heterocycles. The molecule has 2 rings (SSSR count). The van der Waals surface area contributed by atoms with Crippen LogP contribution < -0.4 is 0 Å². The van der Waals surface area contributed by atoms with E-state index in [1.807, 2.05) is 19.4 Å². The second kappa shape index (κ2) is 7.99. The highest BCUT2D eigenvalue weighted by Crippen LogP contribution is 2.37. The van der Waals surface area contributed by atoms with Gasteiger partial charge in [0, 0.05) is 13.1 Å². The molecular weight excluding hydrogens is 218 g/mol. The van der Waals surface area contributed by atoms with Crippen molar-refractivity contribution in [2.24, 2.45) is 11.8 Å². The van der Waals surface area contributed by atoms with Crippen molar-refractivity contribution in [1.29, 1.82) is 0 Å². The largest absolute Gasteiger partial charge is 0.302 e. The minimum atomic E-state index is 0.925. The Kier molecular flexibility index (Phi) is 6.99. The maximum atomic E-state index is 2.51. The first-order chi connectivity index (χ1) is 8.70. The van der Waals surface area contributed by atoms with Gasteiger partial charge in [-0.25, -0.2) is 0 Å². The fraction of sp³-hybridized carbons (Fsp3) is 0.882. The van der Waals surface area contributed by atoms with Crippen LogP contribution in [0.5, 0.6) is 0 Å². The molecule has 1 heteroatoms. The lowest BCUT2D eigenvalue weighted by Gasteiger charge is -2.35. The Morgan fingerprint density at radius 2 is 1.72 bits per heavy atom. The average Bonchev–Trinajstić information content (AvgIpc) is 2.42. The van der Waals surface area contributed by atoms with Crippen molar-refractivity contribution in [2.75, 3.05) is 20.1 Å². The van der Waals surface area contributed by atoms with E-state index in [4.69, 9.17) is 0 Å². The van der Waals surface area contributed by atoms with Gasteiger partial charge < -0.3 is 4.90 Å². The molecular formula is C17H33N. The molecule has 0 saturated heterocycles. The summed E-state index contributed by atoms with van der Waals surface area (Å²) in [4.78, 5) is 2.51. The predicted molar refractivity (Wildman–Crippen MR) is 81.9 cm³/mol. The van der Waals surface area contributed by atoms with E-state index in [2.05, 4.69) is 25.8 Å². The Bertz CT molecular complexity index is 259.